The number of nitrogens with one attached hydrogen (secondary N) is 2. The van der Waals surface area contributed by atoms with Crippen molar-refractivity contribution in [2.45, 2.75) is 113 Å². The highest BCUT2D eigenvalue weighted by Gasteiger charge is 2.53. The van der Waals surface area contributed by atoms with E-state index in [0.717, 1.165) is 32.6 Å². The van der Waals surface area contributed by atoms with E-state index in [9.17, 15) is 9.90 Å². The van der Waals surface area contributed by atoms with Crippen LogP contribution in [0.2, 0.25) is 0 Å². The van der Waals surface area contributed by atoms with Crippen molar-refractivity contribution in [2.75, 3.05) is 40.0 Å². The summed E-state index contributed by atoms with van der Waals surface area (Å²) in [6.07, 6.45) is 15.5. The number of amides is 1. The Morgan fingerprint density at radius 2 is 1.76 bits per heavy atom. The fourth-order valence-corrected chi connectivity index (χ4v) is 9.17. The zero-order chi connectivity index (χ0) is 29.2. The Morgan fingerprint density at radius 1 is 1.02 bits per heavy atom. The number of fused-ring (bicyclic) bond motifs is 1. The summed E-state index contributed by atoms with van der Waals surface area (Å²) < 4.78 is 6.59. The van der Waals surface area contributed by atoms with Gasteiger partial charge in [0.05, 0.1) is 43.2 Å². The van der Waals surface area contributed by atoms with Crippen LogP contribution in [0.3, 0.4) is 0 Å². The van der Waals surface area contributed by atoms with Gasteiger partial charge in [0.1, 0.15) is 0 Å². The molecule has 1 amide bonds. The Labute approximate surface area is 252 Å². The lowest BCUT2D eigenvalue weighted by Gasteiger charge is -2.48. The van der Waals surface area contributed by atoms with Crippen LogP contribution in [0.15, 0.2) is 12.7 Å². The smallest absolute Gasteiger partial charge is 0.246 e. The van der Waals surface area contributed by atoms with Crippen molar-refractivity contribution in [3.05, 3.63) is 12.7 Å². The molecular formula is C33H54N6O3. The van der Waals surface area contributed by atoms with Gasteiger partial charge in [-0.05, 0) is 76.3 Å². The number of hydrogen-bond acceptors (Lipinski definition) is 8. The van der Waals surface area contributed by atoms with Gasteiger partial charge in [-0.2, -0.15) is 0 Å². The molecule has 0 aromatic rings. The highest BCUT2D eigenvalue weighted by atomic mass is 16.5. The van der Waals surface area contributed by atoms with Crippen molar-refractivity contribution in [1.29, 1.82) is 0 Å². The molecular weight excluding hydrogens is 528 g/mol. The molecule has 0 aromatic heterocycles. The molecule has 6 rings (SSSR count). The molecule has 2 aliphatic carbocycles. The molecule has 0 bridgehead atoms. The van der Waals surface area contributed by atoms with E-state index in [2.05, 4.69) is 45.9 Å². The first-order valence-corrected chi connectivity index (χ1v) is 16.9. The summed E-state index contributed by atoms with van der Waals surface area (Å²) in [4.78, 5) is 18.9. The Kier molecular flexibility index (Phi) is 9.91. The van der Waals surface area contributed by atoms with E-state index in [1.54, 1.807) is 4.90 Å². The number of hydrogen-bond donors (Lipinski definition) is 4. The number of piperidine rings is 1. The van der Waals surface area contributed by atoms with E-state index in [1.165, 1.54) is 63.9 Å². The molecule has 0 aromatic carbocycles. The minimum absolute atomic E-state index is 0.00450. The van der Waals surface area contributed by atoms with Gasteiger partial charge in [0.25, 0.3) is 0 Å². The molecule has 9 nitrogen and oxygen atoms in total. The van der Waals surface area contributed by atoms with Crippen LogP contribution in [-0.2, 0) is 9.53 Å². The average Bonchev–Trinajstić information content (AvgIpc) is 3.29. The van der Waals surface area contributed by atoms with Crippen LogP contribution in [0.25, 0.3) is 0 Å². The molecule has 4 heterocycles. The molecule has 234 valence electrons. The van der Waals surface area contributed by atoms with Crippen LogP contribution in [0, 0.1) is 35.5 Å². The minimum Gasteiger partial charge on any atom is -0.394 e. The first-order valence-electron chi connectivity index (χ1n) is 16.9. The average molecular weight is 583 g/mol. The molecule has 6 fully saturated rings. The van der Waals surface area contributed by atoms with Gasteiger partial charge >= 0.3 is 0 Å². The Hall–Kier alpha value is -1.51. The Balaban J connectivity index is 1.07. The molecule has 6 unspecified atom stereocenters. The third-order valence-electron chi connectivity index (χ3n) is 11.5. The monoisotopic (exact) mass is 582 g/mol. The summed E-state index contributed by atoms with van der Waals surface area (Å²) in [5.74, 6) is 9.22. The molecule has 0 spiro atoms. The summed E-state index contributed by atoms with van der Waals surface area (Å²) in [5, 5.41) is 17.1. The lowest BCUT2D eigenvalue weighted by Crippen LogP contribution is -2.63. The maximum atomic E-state index is 12.2. The van der Waals surface area contributed by atoms with Gasteiger partial charge in [0.2, 0.25) is 5.91 Å². The molecule has 2 saturated carbocycles. The van der Waals surface area contributed by atoms with E-state index in [1.807, 2.05) is 0 Å². The molecule has 6 aliphatic rings. The van der Waals surface area contributed by atoms with Gasteiger partial charge < -0.3 is 20.5 Å². The van der Waals surface area contributed by atoms with Crippen molar-refractivity contribution in [2.24, 2.45) is 29.4 Å². The summed E-state index contributed by atoms with van der Waals surface area (Å²) in [6, 6.07) is 0.488. The number of nitrogens with two attached hydrogens (primary N) is 1. The van der Waals surface area contributed by atoms with Crippen LogP contribution in [0.1, 0.15) is 70.6 Å². The highest BCUT2D eigenvalue weighted by Crippen LogP contribution is 2.46. The van der Waals surface area contributed by atoms with Gasteiger partial charge in [-0.3, -0.25) is 25.2 Å². The van der Waals surface area contributed by atoms with Crippen LogP contribution in [0.4, 0.5) is 0 Å². The number of carbonyl (C=O) groups excluding carboxylic acids is 1. The third-order valence-corrected chi connectivity index (χ3v) is 11.5. The lowest BCUT2D eigenvalue weighted by molar-refractivity contribution is -0.132. The Morgan fingerprint density at radius 3 is 2.48 bits per heavy atom. The quantitative estimate of drug-likeness (QED) is 0.277. The van der Waals surface area contributed by atoms with E-state index >= 15 is 0 Å². The number of ether oxygens (including phenoxy) is 1. The van der Waals surface area contributed by atoms with Crippen molar-refractivity contribution in [3.8, 4) is 11.8 Å². The largest absolute Gasteiger partial charge is 0.394 e. The summed E-state index contributed by atoms with van der Waals surface area (Å²) in [6.45, 7) is 7.00. The first-order chi connectivity index (χ1) is 20.5. The summed E-state index contributed by atoms with van der Waals surface area (Å²) in [5.41, 5.74) is 6.74. The predicted molar refractivity (Wildman–Crippen MR) is 164 cm³/mol. The predicted octanol–water partition coefficient (Wildman–Crippen LogP) is 1.68. The normalized spacial score (nSPS) is 40.5. The molecule has 4 aliphatic heterocycles. The summed E-state index contributed by atoms with van der Waals surface area (Å²) in [7, 11) is 2.24. The zero-order valence-electron chi connectivity index (χ0n) is 25.6. The van der Waals surface area contributed by atoms with E-state index in [4.69, 9.17) is 10.5 Å². The second-order valence-electron chi connectivity index (χ2n) is 13.9. The van der Waals surface area contributed by atoms with Crippen molar-refractivity contribution in [3.63, 3.8) is 0 Å². The van der Waals surface area contributed by atoms with Gasteiger partial charge in [0.15, 0.2) is 0 Å². The van der Waals surface area contributed by atoms with Gasteiger partial charge in [-0.15, -0.1) is 0 Å². The van der Waals surface area contributed by atoms with Crippen LogP contribution >= 0.6 is 0 Å². The maximum absolute atomic E-state index is 12.2. The van der Waals surface area contributed by atoms with Crippen LogP contribution < -0.4 is 16.4 Å². The number of carbonyl (C=O) groups is 1. The fourth-order valence-electron chi connectivity index (χ4n) is 9.17. The van der Waals surface area contributed by atoms with E-state index in [0.29, 0.717) is 48.5 Å². The number of aliphatic hydroxyl groups excluding tert-OH is 1. The Bertz CT molecular complexity index is 995. The molecule has 0 radical (unpaired) electrons. The third kappa shape index (κ3) is 6.32. The maximum Gasteiger partial charge on any atom is 0.246 e. The molecule has 5 N–H and O–H groups in total. The van der Waals surface area contributed by atoms with Crippen molar-refractivity contribution < 1.29 is 14.6 Å². The van der Waals surface area contributed by atoms with Gasteiger partial charge in [0, 0.05) is 44.2 Å². The number of likely N-dealkylation sites (tertiary alicyclic amines) is 3. The van der Waals surface area contributed by atoms with E-state index in [-0.39, 0.29) is 36.9 Å². The molecule has 42 heavy (non-hydrogen) atoms. The highest BCUT2D eigenvalue weighted by molar-refractivity contribution is 5.87. The second-order valence-corrected chi connectivity index (χ2v) is 13.9. The molecule has 7 atom stereocenters. The molecule has 9 heteroatoms. The second kappa shape index (κ2) is 13.6. The van der Waals surface area contributed by atoms with Gasteiger partial charge in [-0.1, -0.05) is 37.7 Å². The first kappa shape index (κ1) is 30.5. The summed E-state index contributed by atoms with van der Waals surface area (Å²) >= 11 is 0. The number of nitrogens with zero attached hydrogens (tertiary/aromatic N) is 3. The van der Waals surface area contributed by atoms with Crippen molar-refractivity contribution in [1.82, 2.24) is 25.3 Å². The standard InChI is InChI=1S/C33H54N6O3/c1-3-29(41)39-16-15-24(17-25(39)20-40)38-18-22(19-38)9-14-28-30(31-32(34)35-21-36-33(31)37(28)2)23-10-12-27(13-11-23)42-26-7-5-4-6-8-26/h3,22-28,30-33,35-36,40H,1,4-8,10-13,15-21,34H2,2H3/t23?,24?,25-,27?,28?,30?,31?,32?,33?/m1/s1. The van der Waals surface area contributed by atoms with Crippen LogP contribution in [-0.4, -0.2) is 108 Å². The fraction of sp³-hybridized carbons (Fsp3) is 0.848. The lowest BCUT2D eigenvalue weighted by atomic mass is 9.70. The van der Waals surface area contributed by atoms with E-state index < -0.39 is 0 Å². The SMILES string of the molecule is C=CC(=O)N1CCC(N2CC(C#CC3C(C4CCC(OC5CCCCC5)CC4)C4C(N)NCNC4N3C)C2)C[C@@H]1CO. The number of rotatable bonds is 6. The van der Waals surface area contributed by atoms with Gasteiger partial charge in [-0.25, -0.2) is 0 Å². The molecule has 4 saturated heterocycles. The topological polar surface area (TPSA) is 106 Å². The van der Waals surface area contributed by atoms with Crippen molar-refractivity contribution >= 4 is 5.91 Å². The zero-order valence-corrected chi connectivity index (χ0v) is 25.6. The number of aliphatic hydroxyl groups is 1. The minimum atomic E-state index is -0.121. The van der Waals surface area contributed by atoms with Crippen LogP contribution in [0.5, 0.6) is 0 Å².